The lowest BCUT2D eigenvalue weighted by atomic mass is 9.87. The van der Waals surface area contributed by atoms with E-state index in [4.69, 9.17) is 5.26 Å². The average Bonchev–Trinajstić information content (AvgIpc) is 3.41. The first-order chi connectivity index (χ1) is 10.7. The van der Waals surface area contributed by atoms with E-state index in [2.05, 4.69) is 11.4 Å². The van der Waals surface area contributed by atoms with Gasteiger partial charge in [0, 0.05) is 0 Å². The fourth-order valence-corrected chi connectivity index (χ4v) is 3.66. The van der Waals surface area contributed by atoms with Crippen LogP contribution in [0.3, 0.4) is 0 Å². The van der Waals surface area contributed by atoms with Crippen molar-refractivity contribution < 1.29 is 9.59 Å². The quantitative estimate of drug-likeness (QED) is 0.865. The normalized spacial score (nSPS) is 23.3. The van der Waals surface area contributed by atoms with Crippen molar-refractivity contribution in [2.75, 3.05) is 0 Å². The summed E-state index contributed by atoms with van der Waals surface area (Å²) < 4.78 is 0. The predicted molar refractivity (Wildman–Crippen MR) is 78.4 cm³/mol. The van der Waals surface area contributed by atoms with E-state index in [-0.39, 0.29) is 18.5 Å². The number of amides is 3. The Morgan fingerprint density at radius 2 is 1.82 bits per heavy atom. The van der Waals surface area contributed by atoms with Gasteiger partial charge in [0.2, 0.25) is 0 Å². The Kier molecular flexibility index (Phi) is 2.77. The van der Waals surface area contributed by atoms with Crippen LogP contribution < -0.4 is 5.32 Å². The molecule has 5 heteroatoms. The molecule has 112 valence electrons. The van der Waals surface area contributed by atoms with Crippen molar-refractivity contribution in [3.63, 3.8) is 0 Å². The molecule has 1 N–H and O–H groups in total. The SMILES string of the molecule is N#Cc1ccccc1CN1C(=O)NC(C2CC2)(C2CC2)C1=O. The molecular formula is C17H17N3O2. The first-order valence-electron chi connectivity index (χ1n) is 7.79. The second-order valence-electron chi connectivity index (χ2n) is 6.51. The molecule has 3 fully saturated rings. The van der Waals surface area contributed by atoms with Gasteiger partial charge in [-0.25, -0.2) is 4.79 Å². The van der Waals surface area contributed by atoms with Crippen molar-refractivity contribution in [2.24, 2.45) is 11.8 Å². The highest BCUT2D eigenvalue weighted by Crippen LogP contribution is 2.54. The van der Waals surface area contributed by atoms with Crippen LogP contribution in [0.1, 0.15) is 36.8 Å². The highest BCUT2D eigenvalue weighted by molar-refractivity contribution is 6.07. The van der Waals surface area contributed by atoms with Crippen molar-refractivity contribution in [3.8, 4) is 6.07 Å². The smallest absolute Gasteiger partial charge is 0.323 e. The molecule has 0 unspecified atom stereocenters. The van der Waals surface area contributed by atoms with E-state index >= 15 is 0 Å². The van der Waals surface area contributed by atoms with E-state index in [1.54, 1.807) is 18.2 Å². The van der Waals surface area contributed by atoms with Gasteiger partial charge in [-0.3, -0.25) is 9.69 Å². The molecule has 1 aliphatic heterocycles. The molecule has 0 radical (unpaired) electrons. The molecule has 22 heavy (non-hydrogen) atoms. The molecule has 1 saturated heterocycles. The summed E-state index contributed by atoms with van der Waals surface area (Å²) in [5.41, 5.74) is 0.577. The lowest BCUT2D eigenvalue weighted by molar-refractivity contribution is -0.133. The lowest BCUT2D eigenvalue weighted by Gasteiger charge is -2.26. The number of nitrogens with one attached hydrogen (secondary N) is 1. The maximum Gasteiger partial charge on any atom is 0.325 e. The van der Waals surface area contributed by atoms with E-state index < -0.39 is 5.54 Å². The predicted octanol–water partition coefficient (Wildman–Crippen LogP) is 2.17. The van der Waals surface area contributed by atoms with Crippen LogP contribution in [-0.2, 0) is 11.3 Å². The number of rotatable bonds is 4. The Bertz CT molecular complexity index is 686. The second kappa shape index (κ2) is 4.57. The van der Waals surface area contributed by atoms with Crippen LogP contribution in [0.25, 0.3) is 0 Å². The van der Waals surface area contributed by atoms with Crippen molar-refractivity contribution in [2.45, 2.75) is 37.8 Å². The highest BCUT2D eigenvalue weighted by Gasteiger charge is 2.65. The summed E-state index contributed by atoms with van der Waals surface area (Å²) >= 11 is 0. The van der Waals surface area contributed by atoms with Gasteiger partial charge in [0.25, 0.3) is 5.91 Å². The summed E-state index contributed by atoms with van der Waals surface area (Å²) in [6.07, 6.45) is 4.08. The Hall–Kier alpha value is -2.35. The second-order valence-corrected chi connectivity index (χ2v) is 6.51. The Labute approximate surface area is 128 Å². The molecule has 0 aromatic heterocycles. The molecule has 1 aromatic rings. The number of hydrogen-bond acceptors (Lipinski definition) is 3. The number of nitriles is 1. The van der Waals surface area contributed by atoms with Crippen molar-refractivity contribution in [3.05, 3.63) is 35.4 Å². The van der Waals surface area contributed by atoms with Crippen LogP contribution in [0.2, 0.25) is 0 Å². The van der Waals surface area contributed by atoms with Gasteiger partial charge in [-0.15, -0.1) is 0 Å². The van der Waals surface area contributed by atoms with E-state index in [1.807, 2.05) is 6.07 Å². The van der Waals surface area contributed by atoms with E-state index in [0.717, 1.165) is 31.2 Å². The minimum atomic E-state index is -0.654. The number of carbonyl (C=O) groups excluding carboxylic acids is 2. The van der Waals surface area contributed by atoms with Gasteiger partial charge >= 0.3 is 6.03 Å². The largest absolute Gasteiger partial charge is 0.325 e. The molecule has 0 bridgehead atoms. The lowest BCUT2D eigenvalue weighted by Crippen LogP contribution is -2.51. The average molecular weight is 295 g/mol. The molecule has 3 amide bonds. The Balaban J connectivity index is 1.64. The summed E-state index contributed by atoms with van der Waals surface area (Å²) in [7, 11) is 0. The standard InChI is InChI=1S/C17H17N3O2/c18-9-11-3-1-2-4-12(11)10-20-15(21)17(13-5-6-13,14-7-8-14)19-16(20)22/h1-4,13-14H,5-8,10H2,(H,19,22). The van der Waals surface area contributed by atoms with E-state index in [9.17, 15) is 9.59 Å². The third-order valence-corrected chi connectivity index (χ3v) is 5.07. The first kappa shape index (κ1) is 13.3. The van der Waals surface area contributed by atoms with Crippen LogP contribution in [0.5, 0.6) is 0 Å². The number of carbonyl (C=O) groups is 2. The molecule has 1 heterocycles. The van der Waals surface area contributed by atoms with E-state index in [1.165, 1.54) is 4.90 Å². The number of nitrogens with zero attached hydrogens (tertiary/aromatic N) is 2. The summed E-state index contributed by atoms with van der Waals surface area (Å²) in [5.74, 6) is 0.510. The fourth-order valence-electron chi connectivity index (χ4n) is 3.66. The summed E-state index contributed by atoms with van der Waals surface area (Å²) in [6.45, 7) is 0.176. The number of imide groups is 1. The fraction of sp³-hybridized carbons (Fsp3) is 0.471. The first-order valence-corrected chi connectivity index (χ1v) is 7.79. The number of hydrogen-bond donors (Lipinski definition) is 1. The van der Waals surface area contributed by atoms with E-state index in [0.29, 0.717) is 17.4 Å². The van der Waals surface area contributed by atoms with Gasteiger partial charge in [-0.1, -0.05) is 18.2 Å². The number of urea groups is 1. The van der Waals surface area contributed by atoms with Crippen molar-refractivity contribution >= 4 is 11.9 Å². The Morgan fingerprint density at radius 3 is 2.41 bits per heavy atom. The van der Waals surface area contributed by atoms with Crippen LogP contribution >= 0.6 is 0 Å². The molecule has 0 spiro atoms. The molecule has 2 saturated carbocycles. The zero-order chi connectivity index (χ0) is 15.3. The van der Waals surface area contributed by atoms with Gasteiger partial charge in [0.15, 0.2) is 0 Å². The maximum absolute atomic E-state index is 13.0. The van der Waals surface area contributed by atoms with Crippen LogP contribution in [0.15, 0.2) is 24.3 Å². The molecule has 3 aliphatic rings. The van der Waals surface area contributed by atoms with Gasteiger partial charge < -0.3 is 5.32 Å². The zero-order valence-electron chi connectivity index (χ0n) is 12.2. The topological polar surface area (TPSA) is 73.2 Å². The van der Waals surface area contributed by atoms with Crippen LogP contribution in [0.4, 0.5) is 4.79 Å². The number of benzene rings is 1. The Morgan fingerprint density at radius 1 is 1.18 bits per heavy atom. The molecule has 5 nitrogen and oxygen atoms in total. The van der Waals surface area contributed by atoms with Crippen LogP contribution in [0, 0.1) is 23.2 Å². The monoisotopic (exact) mass is 295 g/mol. The van der Waals surface area contributed by atoms with Gasteiger partial charge in [-0.05, 0) is 49.1 Å². The van der Waals surface area contributed by atoms with Crippen LogP contribution in [-0.4, -0.2) is 22.4 Å². The van der Waals surface area contributed by atoms with Crippen molar-refractivity contribution in [1.82, 2.24) is 10.2 Å². The van der Waals surface area contributed by atoms with Crippen molar-refractivity contribution in [1.29, 1.82) is 5.26 Å². The van der Waals surface area contributed by atoms with Gasteiger partial charge in [0.05, 0.1) is 18.2 Å². The maximum atomic E-state index is 13.0. The van der Waals surface area contributed by atoms with Gasteiger partial charge in [0.1, 0.15) is 5.54 Å². The minimum Gasteiger partial charge on any atom is -0.323 e. The molecule has 4 rings (SSSR count). The molecule has 1 aromatic carbocycles. The molecule has 2 aliphatic carbocycles. The third-order valence-electron chi connectivity index (χ3n) is 5.07. The summed E-state index contributed by atoms with van der Waals surface area (Å²) in [5, 5.41) is 12.2. The minimum absolute atomic E-state index is 0.0877. The zero-order valence-corrected chi connectivity index (χ0v) is 12.2. The summed E-state index contributed by atoms with van der Waals surface area (Å²) in [4.78, 5) is 26.6. The third kappa shape index (κ3) is 1.83. The molecular weight excluding hydrogens is 278 g/mol. The summed E-state index contributed by atoms with van der Waals surface area (Å²) in [6, 6.07) is 8.93. The van der Waals surface area contributed by atoms with Gasteiger partial charge in [-0.2, -0.15) is 5.26 Å². The highest BCUT2D eigenvalue weighted by atomic mass is 16.2. The molecule has 0 atom stereocenters.